The minimum Gasteiger partial charge on any atom is -0.377 e. The van der Waals surface area contributed by atoms with Crippen LogP contribution in [0, 0.1) is 0 Å². The second-order valence-electron chi connectivity index (χ2n) is 4.33. The number of likely N-dealkylation sites (N-methyl/N-ethyl adjacent to an activating group) is 1. The van der Waals surface area contributed by atoms with Crippen LogP contribution in [0.15, 0.2) is 0 Å². The summed E-state index contributed by atoms with van der Waals surface area (Å²) in [7, 11) is 2.03. The molecule has 0 saturated carbocycles. The summed E-state index contributed by atoms with van der Waals surface area (Å²) in [5, 5.41) is 3.28. The van der Waals surface area contributed by atoms with Gasteiger partial charge in [-0.2, -0.15) is 0 Å². The molecule has 1 heterocycles. The maximum Gasteiger partial charge on any atom is 0.0702 e. The molecule has 0 radical (unpaired) electrons. The Kier molecular flexibility index (Phi) is 6.22. The Labute approximate surface area is 94.2 Å². The standard InChI is InChI=1S/C12H26N2O/c1-4-11(9-13-3)14-8-6-7-12(10-14)15-5-2/h11-13H,4-10H2,1-3H3. The van der Waals surface area contributed by atoms with E-state index in [-0.39, 0.29) is 0 Å². The topological polar surface area (TPSA) is 24.5 Å². The van der Waals surface area contributed by atoms with Crippen molar-refractivity contribution in [3.63, 3.8) is 0 Å². The number of hydrogen-bond acceptors (Lipinski definition) is 3. The summed E-state index contributed by atoms with van der Waals surface area (Å²) in [6, 6.07) is 0.679. The zero-order valence-corrected chi connectivity index (χ0v) is 10.5. The molecule has 0 aromatic carbocycles. The molecule has 2 unspecified atom stereocenters. The van der Waals surface area contributed by atoms with Crippen LogP contribution in [-0.2, 0) is 4.74 Å². The van der Waals surface area contributed by atoms with Gasteiger partial charge in [-0.25, -0.2) is 0 Å². The summed E-state index contributed by atoms with van der Waals surface area (Å²) in [4.78, 5) is 2.58. The number of ether oxygens (including phenoxy) is 1. The van der Waals surface area contributed by atoms with Gasteiger partial charge in [0, 0.05) is 25.7 Å². The third kappa shape index (κ3) is 4.09. The lowest BCUT2D eigenvalue weighted by Crippen LogP contribution is -2.48. The summed E-state index contributed by atoms with van der Waals surface area (Å²) >= 11 is 0. The minimum absolute atomic E-state index is 0.467. The maximum absolute atomic E-state index is 5.72. The van der Waals surface area contributed by atoms with Gasteiger partial charge in [-0.3, -0.25) is 4.90 Å². The molecule has 1 rings (SSSR count). The average Bonchev–Trinajstić information content (AvgIpc) is 2.27. The van der Waals surface area contributed by atoms with Gasteiger partial charge < -0.3 is 10.1 Å². The molecule has 3 nitrogen and oxygen atoms in total. The Morgan fingerprint density at radius 2 is 2.27 bits per heavy atom. The molecule has 1 aliphatic heterocycles. The zero-order valence-electron chi connectivity index (χ0n) is 10.5. The number of nitrogens with zero attached hydrogens (tertiary/aromatic N) is 1. The van der Waals surface area contributed by atoms with E-state index < -0.39 is 0 Å². The van der Waals surface area contributed by atoms with Crippen LogP contribution in [0.2, 0.25) is 0 Å². The highest BCUT2D eigenvalue weighted by Gasteiger charge is 2.24. The molecule has 0 aliphatic carbocycles. The number of nitrogens with one attached hydrogen (secondary N) is 1. The predicted molar refractivity (Wildman–Crippen MR) is 64.2 cm³/mol. The van der Waals surface area contributed by atoms with Crippen molar-refractivity contribution in [3.05, 3.63) is 0 Å². The lowest BCUT2D eigenvalue weighted by Gasteiger charge is -2.37. The summed E-state index contributed by atoms with van der Waals surface area (Å²) in [5.41, 5.74) is 0. The molecule has 2 atom stereocenters. The number of hydrogen-bond donors (Lipinski definition) is 1. The van der Waals surface area contributed by atoms with Crippen LogP contribution in [0.25, 0.3) is 0 Å². The normalized spacial score (nSPS) is 25.4. The van der Waals surface area contributed by atoms with E-state index in [4.69, 9.17) is 4.74 Å². The van der Waals surface area contributed by atoms with Crippen molar-refractivity contribution in [3.8, 4) is 0 Å². The SMILES string of the molecule is CCOC1CCCN(C(CC)CNC)C1. The monoisotopic (exact) mass is 214 g/mol. The van der Waals surface area contributed by atoms with Gasteiger partial charge in [0.05, 0.1) is 6.10 Å². The van der Waals surface area contributed by atoms with Crippen LogP contribution in [0.5, 0.6) is 0 Å². The lowest BCUT2D eigenvalue weighted by molar-refractivity contribution is -0.00748. The van der Waals surface area contributed by atoms with E-state index >= 15 is 0 Å². The van der Waals surface area contributed by atoms with Crippen molar-refractivity contribution < 1.29 is 4.74 Å². The Morgan fingerprint density at radius 3 is 2.87 bits per heavy atom. The van der Waals surface area contributed by atoms with Crippen LogP contribution in [0.4, 0.5) is 0 Å². The highest BCUT2D eigenvalue weighted by Crippen LogP contribution is 2.16. The predicted octanol–water partition coefficient (Wildman–Crippen LogP) is 1.49. The molecule has 90 valence electrons. The van der Waals surface area contributed by atoms with Gasteiger partial charge >= 0.3 is 0 Å². The molecular weight excluding hydrogens is 188 g/mol. The molecule has 1 saturated heterocycles. The van der Waals surface area contributed by atoms with Gasteiger partial charge in [-0.15, -0.1) is 0 Å². The van der Waals surface area contributed by atoms with Gasteiger partial charge in [0.2, 0.25) is 0 Å². The minimum atomic E-state index is 0.467. The van der Waals surface area contributed by atoms with E-state index in [1.54, 1.807) is 0 Å². The van der Waals surface area contributed by atoms with Gasteiger partial charge in [-0.05, 0) is 39.8 Å². The maximum atomic E-state index is 5.72. The van der Waals surface area contributed by atoms with Crippen LogP contribution in [0.1, 0.15) is 33.1 Å². The first kappa shape index (κ1) is 12.9. The van der Waals surface area contributed by atoms with E-state index in [1.807, 2.05) is 7.05 Å². The molecule has 1 fully saturated rings. The van der Waals surface area contributed by atoms with Gasteiger partial charge in [0.1, 0.15) is 0 Å². The third-order valence-corrected chi connectivity index (χ3v) is 3.24. The van der Waals surface area contributed by atoms with Gasteiger partial charge in [0.15, 0.2) is 0 Å². The van der Waals surface area contributed by atoms with Crippen molar-refractivity contribution in [2.24, 2.45) is 0 Å². The highest BCUT2D eigenvalue weighted by molar-refractivity contribution is 4.80. The van der Waals surface area contributed by atoms with Crippen molar-refractivity contribution in [1.82, 2.24) is 10.2 Å². The van der Waals surface area contributed by atoms with Crippen molar-refractivity contribution in [2.45, 2.75) is 45.3 Å². The molecule has 0 spiro atoms. The Hall–Kier alpha value is -0.120. The molecule has 1 N–H and O–H groups in total. The molecule has 0 aromatic heterocycles. The number of piperidine rings is 1. The van der Waals surface area contributed by atoms with E-state index in [0.29, 0.717) is 12.1 Å². The lowest BCUT2D eigenvalue weighted by atomic mass is 10.0. The largest absolute Gasteiger partial charge is 0.377 e. The Bertz CT molecular complexity index is 162. The van der Waals surface area contributed by atoms with Crippen LogP contribution in [-0.4, -0.2) is 50.3 Å². The quantitative estimate of drug-likeness (QED) is 0.725. The van der Waals surface area contributed by atoms with Gasteiger partial charge in [-0.1, -0.05) is 6.92 Å². The van der Waals surface area contributed by atoms with Crippen LogP contribution >= 0.6 is 0 Å². The Morgan fingerprint density at radius 1 is 1.47 bits per heavy atom. The van der Waals surface area contributed by atoms with E-state index in [1.165, 1.54) is 25.8 Å². The van der Waals surface area contributed by atoms with E-state index in [0.717, 1.165) is 19.7 Å². The zero-order chi connectivity index (χ0) is 11.1. The van der Waals surface area contributed by atoms with Gasteiger partial charge in [0.25, 0.3) is 0 Å². The van der Waals surface area contributed by atoms with Crippen molar-refractivity contribution in [1.29, 1.82) is 0 Å². The molecule has 15 heavy (non-hydrogen) atoms. The van der Waals surface area contributed by atoms with Crippen LogP contribution < -0.4 is 5.32 Å². The molecular formula is C12H26N2O. The third-order valence-electron chi connectivity index (χ3n) is 3.24. The fourth-order valence-electron chi connectivity index (χ4n) is 2.44. The first-order valence-corrected chi connectivity index (χ1v) is 6.32. The molecule has 0 aromatic rings. The molecule has 3 heteroatoms. The highest BCUT2D eigenvalue weighted by atomic mass is 16.5. The fourth-order valence-corrected chi connectivity index (χ4v) is 2.44. The summed E-state index contributed by atoms with van der Waals surface area (Å²) in [6.45, 7) is 8.66. The summed E-state index contributed by atoms with van der Waals surface area (Å²) in [5.74, 6) is 0. The summed E-state index contributed by atoms with van der Waals surface area (Å²) < 4.78 is 5.72. The second kappa shape index (κ2) is 7.20. The smallest absolute Gasteiger partial charge is 0.0702 e. The first-order chi connectivity index (χ1) is 7.31. The number of rotatable bonds is 6. The first-order valence-electron chi connectivity index (χ1n) is 6.32. The average molecular weight is 214 g/mol. The second-order valence-corrected chi connectivity index (χ2v) is 4.33. The molecule has 1 aliphatic rings. The van der Waals surface area contributed by atoms with Crippen molar-refractivity contribution in [2.75, 3.05) is 33.3 Å². The summed E-state index contributed by atoms with van der Waals surface area (Å²) in [6.07, 6.45) is 4.21. The van der Waals surface area contributed by atoms with Crippen LogP contribution in [0.3, 0.4) is 0 Å². The van der Waals surface area contributed by atoms with E-state index in [9.17, 15) is 0 Å². The molecule has 0 amide bonds. The van der Waals surface area contributed by atoms with E-state index in [2.05, 4.69) is 24.1 Å². The molecule has 0 bridgehead atoms. The van der Waals surface area contributed by atoms with Crippen molar-refractivity contribution >= 4 is 0 Å². The number of likely N-dealkylation sites (tertiary alicyclic amines) is 1. The fraction of sp³-hybridized carbons (Fsp3) is 1.00. The Balaban J connectivity index is 2.39.